The highest BCUT2D eigenvalue weighted by Crippen LogP contribution is 2.32. The standard InChI is InChI=1S/C14H18F3NO3/c1-9(2)13(8-18,12(19)20)7-10-3-5-11(6-4-10)21-14(15,16)17/h3-6,9H,7-8,18H2,1-2H3,(H,19,20). The van der Waals surface area contributed by atoms with Gasteiger partial charge < -0.3 is 15.6 Å². The Hall–Kier alpha value is -1.76. The van der Waals surface area contributed by atoms with Crippen LogP contribution in [0.3, 0.4) is 0 Å². The number of aliphatic carboxylic acids is 1. The molecule has 0 aliphatic heterocycles. The lowest BCUT2D eigenvalue weighted by atomic mass is 9.73. The monoisotopic (exact) mass is 305 g/mol. The molecule has 0 spiro atoms. The zero-order chi connectivity index (χ0) is 16.3. The van der Waals surface area contributed by atoms with E-state index in [4.69, 9.17) is 5.73 Å². The van der Waals surface area contributed by atoms with Gasteiger partial charge in [-0.15, -0.1) is 13.2 Å². The zero-order valence-corrected chi connectivity index (χ0v) is 11.8. The van der Waals surface area contributed by atoms with Crippen LogP contribution in [0.1, 0.15) is 19.4 Å². The summed E-state index contributed by atoms with van der Waals surface area (Å²) >= 11 is 0. The Morgan fingerprint density at radius 1 is 1.29 bits per heavy atom. The number of carbonyl (C=O) groups is 1. The normalized spacial score (nSPS) is 14.8. The lowest BCUT2D eigenvalue weighted by Gasteiger charge is -2.32. The Morgan fingerprint density at radius 2 is 1.81 bits per heavy atom. The van der Waals surface area contributed by atoms with Crippen LogP contribution < -0.4 is 10.5 Å². The Morgan fingerprint density at radius 3 is 2.14 bits per heavy atom. The Bertz CT molecular complexity index is 485. The maximum absolute atomic E-state index is 12.1. The summed E-state index contributed by atoms with van der Waals surface area (Å²) in [7, 11) is 0. The summed E-state index contributed by atoms with van der Waals surface area (Å²) in [5.74, 6) is -1.58. The maximum Gasteiger partial charge on any atom is 0.573 e. The number of alkyl halides is 3. The van der Waals surface area contributed by atoms with Crippen molar-refractivity contribution in [3.63, 3.8) is 0 Å². The van der Waals surface area contributed by atoms with E-state index in [1.807, 2.05) is 0 Å². The molecule has 1 aromatic rings. The van der Waals surface area contributed by atoms with E-state index in [9.17, 15) is 23.1 Å². The van der Waals surface area contributed by atoms with E-state index in [0.29, 0.717) is 5.56 Å². The van der Waals surface area contributed by atoms with Gasteiger partial charge in [0.15, 0.2) is 0 Å². The van der Waals surface area contributed by atoms with E-state index in [1.165, 1.54) is 12.1 Å². The molecule has 7 heteroatoms. The van der Waals surface area contributed by atoms with Gasteiger partial charge >= 0.3 is 12.3 Å². The first-order chi connectivity index (χ1) is 9.60. The van der Waals surface area contributed by atoms with E-state index < -0.39 is 17.7 Å². The lowest BCUT2D eigenvalue weighted by Crippen LogP contribution is -2.45. The molecule has 0 aliphatic rings. The first kappa shape index (κ1) is 17.3. The Kier molecular flexibility index (Phi) is 5.22. The van der Waals surface area contributed by atoms with Crippen LogP contribution in [0.5, 0.6) is 5.75 Å². The molecule has 1 rings (SSSR count). The van der Waals surface area contributed by atoms with Gasteiger partial charge in [0.05, 0.1) is 5.41 Å². The summed E-state index contributed by atoms with van der Waals surface area (Å²) in [5, 5.41) is 9.41. The zero-order valence-electron chi connectivity index (χ0n) is 11.8. The van der Waals surface area contributed by atoms with Crippen molar-refractivity contribution in [2.75, 3.05) is 6.54 Å². The summed E-state index contributed by atoms with van der Waals surface area (Å²) in [6, 6.07) is 5.15. The third kappa shape index (κ3) is 4.35. The first-order valence-electron chi connectivity index (χ1n) is 6.39. The molecular weight excluding hydrogens is 287 g/mol. The molecule has 0 saturated carbocycles. The van der Waals surface area contributed by atoms with E-state index in [-0.39, 0.29) is 24.6 Å². The van der Waals surface area contributed by atoms with Gasteiger partial charge in [-0.1, -0.05) is 26.0 Å². The average molecular weight is 305 g/mol. The van der Waals surface area contributed by atoms with Crippen molar-refractivity contribution in [2.45, 2.75) is 26.6 Å². The highest BCUT2D eigenvalue weighted by atomic mass is 19.4. The second-order valence-corrected chi connectivity index (χ2v) is 5.19. The van der Waals surface area contributed by atoms with Gasteiger partial charge in [-0.05, 0) is 30.0 Å². The van der Waals surface area contributed by atoms with Crippen molar-refractivity contribution in [2.24, 2.45) is 17.1 Å². The SMILES string of the molecule is CC(C)C(CN)(Cc1ccc(OC(F)(F)F)cc1)C(=O)O. The first-order valence-corrected chi connectivity index (χ1v) is 6.39. The Balaban J connectivity index is 2.94. The number of rotatable bonds is 6. The van der Waals surface area contributed by atoms with Gasteiger partial charge in [-0.2, -0.15) is 0 Å². The molecule has 3 N–H and O–H groups in total. The number of nitrogens with two attached hydrogens (primary N) is 1. The second-order valence-electron chi connectivity index (χ2n) is 5.19. The number of carboxylic acid groups (broad SMARTS) is 1. The van der Waals surface area contributed by atoms with Crippen molar-refractivity contribution in [1.82, 2.24) is 0 Å². The van der Waals surface area contributed by atoms with Gasteiger partial charge in [0.25, 0.3) is 0 Å². The minimum Gasteiger partial charge on any atom is -0.481 e. The molecule has 0 aliphatic carbocycles. The van der Waals surface area contributed by atoms with Gasteiger partial charge in [0.2, 0.25) is 0 Å². The number of hydrogen-bond acceptors (Lipinski definition) is 3. The van der Waals surface area contributed by atoms with Crippen molar-refractivity contribution in [1.29, 1.82) is 0 Å². The third-order valence-corrected chi connectivity index (χ3v) is 3.57. The van der Waals surface area contributed by atoms with Crippen LogP contribution in [0.15, 0.2) is 24.3 Å². The number of halogens is 3. The third-order valence-electron chi connectivity index (χ3n) is 3.57. The van der Waals surface area contributed by atoms with Crippen LogP contribution in [0.25, 0.3) is 0 Å². The molecule has 0 saturated heterocycles. The molecule has 0 radical (unpaired) electrons. The molecule has 1 aromatic carbocycles. The van der Waals surface area contributed by atoms with Gasteiger partial charge in [0, 0.05) is 6.54 Å². The number of benzene rings is 1. The number of ether oxygens (including phenoxy) is 1. The highest BCUT2D eigenvalue weighted by Gasteiger charge is 2.40. The fraction of sp³-hybridized carbons (Fsp3) is 0.500. The second kappa shape index (κ2) is 6.34. The summed E-state index contributed by atoms with van der Waals surface area (Å²) in [5.41, 5.74) is 5.06. The van der Waals surface area contributed by atoms with Gasteiger partial charge in [-0.3, -0.25) is 4.79 Å². The van der Waals surface area contributed by atoms with Crippen molar-refractivity contribution < 1.29 is 27.8 Å². The molecule has 1 atom stereocenters. The maximum atomic E-state index is 12.1. The largest absolute Gasteiger partial charge is 0.573 e. The topological polar surface area (TPSA) is 72.5 Å². The molecule has 118 valence electrons. The van der Waals surface area contributed by atoms with Crippen LogP contribution in [0.2, 0.25) is 0 Å². The average Bonchev–Trinajstić information content (AvgIpc) is 2.35. The van der Waals surface area contributed by atoms with Crippen LogP contribution >= 0.6 is 0 Å². The molecule has 21 heavy (non-hydrogen) atoms. The molecule has 0 fully saturated rings. The fourth-order valence-corrected chi connectivity index (χ4v) is 2.10. The summed E-state index contributed by atoms with van der Waals surface area (Å²) in [6.07, 6.45) is -4.61. The van der Waals surface area contributed by atoms with Crippen molar-refractivity contribution in [3.8, 4) is 5.75 Å². The van der Waals surface area contributed by atoms with Crippen molar-refractivity contribution >= 4 is 5.97 Å². The summed E-state index contributed by atoms with van der Waals surface area (Å²) in [6.45, 7) is 3.45. The highest BCUT2D eigenvalue weighted by molar-refractivity contribution is 5.75. The van der Waals surface area contributed by atoms with E-state index in [0.717, 1.165) is 12.1 Å². The molecule has 4 nitrogen and oxygen atoms in total. The predicted octanol–water partition coefficient (Wildman–Crippen LogP) is 2.81. The smallest absolute Gasteiger partial charge is 0.481 e. The van der Waals surface area contributed by atoms with Crippen LogP contribution in [-0.2, 0) is 11.2 Å². The minimum atomic E-state index is -4.75. The molecule has 0 aromatic heterocycles. The van der Waals surface area contributed by atoms with E-state index >= 15 is 0 Å². The van der Waals surface area contributed by atoms with Crippen LogP contribution in [-0.4, -0.2) is 24.0 Å². The molecular formula is C14H18F3NO3. The van der Waals surface area contributed by atoms with E-state index in [1.54, 1.807) is 13.8 Å². The number of hydrogen-bond donors (Lipinski definition) is 2. The van der Waals surface area contributed by atoms with Gasteiger partial charge in [0.1, 0.15) is 5.75 Å². The van der Waals surface area contributed by atoms with Gasteiger partial charge in [-0.25, -0.2) is 0 Å². The lowest BCUT2D eigenvalue weighted by molar-refractivity contribution is -0.274. The van der Waals surface area contributed by atoms with E-state index in [2.05, 4.69) is 4.74 Å². The minimum absolute atomic E-state index is 0.0548. The van der Waals surface area contributed by atoms with Crippen LogP contribution in [0.4, 0.5) is 13.2 Å². The molecule has 0 amide bonds. The molecule has 1 unspecified atom stereocenters. The quantitative estimate of drug-likeness (QED) is 0.847. The summed E-state index contributed by atoms with van der Waals surface area (Å²) < 4.78 is 40.0. The Labute approximate surface area is 120 Å². The number of carboxylic acids is 1. The molecule has 0 bridgehead atoms. The molecule has 0 heterocycles. The fourth-order valence-electron chi connectivity index (χ4n) is 2.10. The van der Waals surface area contributed by atoms with Crippen LogP contribution in [0, 0.1) is 11.3 Å². The predicted molar refractivity (Wildman–Crippen MR) is 70.8 cm³/mol. The van der Waals surface area contributed by atoms with Crippen molar-refractivity contribution in [3.05, 3.63) is 29.8 Å². The summed E-state index contributed by atoms with van der Waals surface area (Å²) in [4.78, 5) is 11.5.